The lowest BCUT2D eigenvalue weighted by molar-refractivity contribution is -0.121. The van der Waals surface area contributed by atoms with Gasteiger partial charge < -0.3 is 0 Å². The van der Waals surface area contributed by atoms with Crippen LogP contribution in [0.4, 0.5) is 5.69 Å². The van der Waals surface area contributed by atoms with Crippen LogP contribution in [0.15, 0.2) is 54.6 Å². The van der Waals surface area contributed by atoms with E-state index in [-0.39, 0.29) is 23.9 Å². The van der Waals surface area contributed by atoms with Crippen molar-refractivity contribution in [2.75, 3.05) is 11.6 Å². The molecule has 2 fully saturated rings. The van der Waals surface area contributed by atoms with Crippen LogP contribution in [0, 0.1) is 5.92 Å². The maximum atomic E-state index is 13.0. The van der Waals surface area contributed by atoms with Crippen molar-refractivity contribution in [1.82, 2.24) is 10.7 Å². The summed E-state index contributed by atoms with van der Waals surface area (Å²) in [5.41, 5.74) is 5.36. The normalized spacial score (nSPS) is 27.1. The van der Waals surface area contributed by atoms with Gasteiger partial charge in [-0.2, -0.15) is 0 Å². The largest absolute Gasteiger partial charge is 0.300 e. The molecule has 2 aromatic rings. The van der Waals surface area contributed by atoms with Gasteiger partial charge in [-0.15, -0.1) is 0 Å². The van der Waals surface area contributed by atoms with E-state index in [1.807, 2.05) is 30.3 Å². The minimum absolute atomic E-state index is 0.0304. The van der Waals surface area contributed by atoms with Crippen molar-refractivity contribution in [1.29, 1.82) is 0 Å². The number of nitrogens with one attached hydrogen (secondary N) is 2. The van der Waals surface area contributed by atoms with Crippen molar-refractivity contribution in [3.63, 3.8) is 0 Å². The van der Waals surface area contributed by atoms with Crippen molar-refractivity contribution in [3.05, 3.63) is 65.2 Å². The van der Waals surface area contributed by atoms with Crippen LogP contribution in [-0.2, 0) is 4.79 Å². The highest BCUT2D eigenvalue weighted by Gasteiger charge is 2.47. The summed E-state index contributed by atoms with van der Waals surface area (Å²) in [5.74, 6) is 0.250. The van der Waals surface area contributed by atoms with E-state index in [2.05, 4.69) is 22.9 Å². The lowest BCUT2D eigenvalue weighted by atomic mass is 9.79. The van der Waals surface area contributed by atoms with Crippen molar-refractivity contribution >= 4 is 23.2 Å². The van der Waals surface area contributed by atoms with Crippen LogP contribution in [0.5, 0.6) is 0 Å². The second-order valence-corrected chi connectivity index (χ2v) is 6.48. The topological polar surface area (TPSA) is 44.4 Å². The number of amides is 1. The molecule has 0 spiro atoms. The predicted octanol–water partition coefficient (Wildman–Crippen LogP) is 2.91. The molecule has 2 aromatic carbocycles. The summed E-state index contributed by atoms with van der Waals surface area (Å²) < 4.78 is 0. The molecule has 118 valence electrons. The molecule has 0 aliphatic carbocycles. The molecular formula is C18H18ClN3O. The van der Waals surface area contributed by atoms with Crippen LogP contribution < -0.4 is 15.8 Å². The molecule has 23 heavy (non-hydrogen) atoms. The van der Waals surface area contributed by atoms with Gasteiger partial charge in [0.15, 0.2) is 0 Å². The van der Waals surface area contributed by atoms with Crippen LogP contribution in [0.1, 0.15) is 17.9 Å². The summed E-state index contributed by atoms with van der Waals surface area (Å²) in [6, 6.07) is 17.6. The molecule has 2 aliphatic heterocycles. The molecule has 0 bridgehead atoms. The number of hydrogen-bond donors (Lipinski definition) is 2. The van der Waals surface area contributed by atoms with Crippen LogP contribution in [0.25, 0.3) is 0 Å². The van der Waals surface area contributed by atoms with Gasteiger partial charge in [-0.1, -0.05) is 41.9 Å². The molecule has 3 unspecified atom stereocenters. The summed E-state index contributed by atoms with van der Waals surface area (Å²) in [7, 11) is 0. The average Bonchev–Trinajstić information content (AvgIpc) is 2.93. The molecule has 4 rings (SSSR count). The zero-order chi connectivity index (χ0) is 15.8. The molecule has 0 saturated carbocycles. The summed E-state index contributed by atoms with van der Waals surface area (Å²) in [4.78, 5) is 13.0. The number of hydrazine groups is 1. The highest BCUT2D eigenvalue weighted by molar-refractivity contribution is 6.30. The van der Waals surface area contributed by atoms with E-state index in [4.69, 9.17) is 11.6 Å². The lowest BCUT2D eigenvalue weighted by Gasteiger charge is -2.32. The third-order valence-corrected chi connectivity index (χ3v) is 4.95. The van der Waals surface area contributed by atoms with Gasteiger partial charge in [-0.3, -0.25) is 10.1 Å². The number of piperidine rings is 1. The summed E-state index contributed by atoms with van der Waals surface area (Å²) >= 11 is 5.94. The Morgan fingerprint density at radius 1 is 1.04 bits per heavy atom. The first-order valence-corrected chi connectivity index (χ1v) is 8.26. The standard InChI is InChI=1S/C18H18ClN3O/c19-13-6-8-14(9-7-13)22-18(23)16-15(10-11-20-17(16)21-22)12-4-2-1-3-5-12/h1-9,15-17,20-21H,10-11H2. The molecule has 0 aromatic heterocycles. The highest BCUT2D eigenvalue weighted by atomic mass is 35.5. The zero-order valence-electron chi connectivity index (χ0n) is 12.6. The number of benzene rings is 2. The summed E-state index contributed by atoms with van der Waals surface area (Å²) in [5, 5.41) is 5.74. The van der Waals surface area contributed by atoms with Gasteiger partial charge in [0, 0.05) is 5.02 Å². The Bertz CT molecular complexity index is 704. The minimum atomic E-state index is -0.0955. The third kappa shape index (κ3) is 2.63. The average molecular weight is 328 g/mol. The molecule has 1 amide bonds. The number of carbonyl (C=O) groups is 1. The van der Waals surface area contributed by atoms with Crippen LogP contribution >= 0.6 is 11.6 Å². The summed E-state index contributed by atoms with van der Waals surface area (Å²) in [6.07, 6.45) is 0.935. The molecule has 2 N–H and O–H groups in total. The number of rotatable bonds is 2. The maximum absolute atomic E-state index is 13.0. The fraction of sp³-hybridized carbons (Fsp3) is 0.278. The van der Waals surface area contributed by atoms with Gasteiger partial charge in [0.25, 0.3) is 0 Å². The van der Waals surface area contributed by atoms with Gasteiger partial charge in [-0.25, -0.2) is 10.4 Å². The molecule has 2 aliphatic rings. The molecule has 3 atom stereocenters. The number of carbonyl (C=O) groups excluding carboxylic acids is 1. The van der Waals surface area contributed by atoms with Crippen molar-refractivity contribution in [2.45, 2.75) is 18.5 Å². The SMILES string of the molecule is O=C1C2C(NCCC2c2ccccc2)NN1c1ccc(Cl)cc1. The second kappa shape index (κ2) is 5.96. The Morgan fingerprint density at radius 3 is 2.52 bits per heavy atom. The van der Waals surface area contributed by atoms with E-state index in [1.54, 1.807) is 17.1 Å². The van der Waals surface area contributed by atoms with Gasteiger partial charge >= 0.3 is 0 Å². The highest BCUT2D eigenvalue weighted by Crippen LogP contribution is 2.37. The number of anilines is 1. The van der Waals surface area contributed by atoms with Gasteiger partial charge in [0.2, 0.25) is 5.91 Å². The van der Waals surface area contributed by atoms with E-state index in [0.29, 0.717) is 5.02 Å². The Morgan fingerprint density at radius 2 is 1.78 bits per heavy atom. The molecular weight excluding hydrogens is 310 g/mol. The zero-order valence-corrected chi connectivity index (χ0v) is 13.3. The Labute approximate surface area is 140 Å². The first kappa shape index (κ1) is 14.7. The molecule has 4 nitrogen and oxygen atoms in total. The number of nitrogens with zero attached hydrogens (tertiary/aromatic N) is 1. The van der Waals surface area contributed by atoms with Crippen molar-refractivity contribution < 1.29 is 4.79 Å². The van der Waals surface area contributed by atoms with Gasteiger partial charge in [0.05, 0.1) is 17.8 Å². The minimum Gasteiger partial charge on any atom is -0.300 e. The first-order chi connectivity index (χ1) is 11.2. The molecule has 5 heteroatoms. The van der Waals surface area contributed by atoms with Gasteiger partial charge in [-0.05, 0) is 48.7 Å². The van der Waals surface area contributed by atoms with Gasteiger partial charge in [0.1, 0.15) is 0 Å². The van der Waals surface area contributed by atoms with E-state index in [0.717, 1.165) is 18.7 Å². The maximum Gasteiger partial charge on any atom is 0.248 e. The predicted molar refractivity (Wildman–Crippen MR) is 91.2 cm³/mol. The number of halogens is 1. The lowest BCUT2D eigenvalue weighted by Crippen LogP contribution is -2.50. The molecule has 0 radical (unpaired) electrons. The van der Waals surface area contributed by atoms with Crippen LogP contribution in [0.2, 0.25) is 5.02 Å². The van der Waals surface area contributed by atoms with E-state index < -0.39 is 0 Å². The third-order valence-electron chi connectivity index (χ3n) is 4.70. The van der Waals surface area contributed by atoms with E-state index >= 15 is 0 Å². The summed E-state index contributed by atoms with van der Waals surface area (Å²) in [6.45, 7) is 0.898. The fourth-order valence-corrected chi connectivity index (χ4v) is 3.72. The smallest absolute Gasteiger partial charge is 0.248 e. The Kier molecular flexibility index (Phi) is 3.81. The van der Waals surface area contributed by atoms with Crippen molar-refractivity contribution in [3.8, 4) is 0 Å². The number of fused-ring (bicyclic) bond motifs is 1. The first-order valence-electron chi connectivity index (χ1n) is 7.88. The number of hydrogen-bond acceptors (Lipinski definition) is 3. The van der Waals surface area contributed by atoms with E-state index in [1.165, 1.54) is 5.56 Å². The molecule has 2 heterocycles. The van der Waals surface area contributed by atoms with Crippen molar-refractivity contribution in [2.24, 2.45) is 5.92 Å². The fourth-order valence-electron chi connectivity index (χ4n) is 3.59. The van der Waals surface area contributed by atoms with E-state index in [9.17, 15) is 4.79 Å². The Balaban J connectivity index is 1.64. The van der Waals surface area contributed by atoms with Crippen LogP contribution in [-0.4, -0.2) is 18.6 Å². The van der Waals surface area contributed by atoms with Crippen LogP contribution in [0.3, 0.4) is 0 Å². The monoisotopic (exact) mass is 327 g/mol. The quantitative estimate of drug-likeness (QED) is 0.891. The second-order valence-electron chi connectivity index (χ2n) is 6.04. The molecule has 2 saturated heterocycles. The Hall–Kier alpha value is -1.88.